The molecule has 112 valence electrons. The quantitative estimate of drug-likeness (QED) is 0.900. The minimum Gasteiger partial charge on any atom is -0.383 e. The molecule has 0 saturated heterocycles. The Hall–Kier alpha value is -1.46. The number of methoxy groups -OCH3 is 1. The molecule has 0 fully saturated rings. The maximum Gasteiger partial charge on any atom is 0.160 e. The number of hydrogen-bond acceptors (Lipinski definition) is 4. The lowest BCUT2D eigenvalue weighted by Gasteiger charge is -2.28. The Morgan fingerprint density at radius 3 is 2.29 bits per heavy atom. The molecule has 4 nitrogen and oxygen atoms in total. The van der Waals surface area contributed by atoms with Crippen LogP contribution in [0.1, 0.15) is 32.7 Å². The fourth-order valence-electron chi connectivity index (χ4n) is 2.23. The van der Waals surface area contributed by atoms with E-state index in [9.17, 15) is 0 Å². The monoisotopic (exact) mass is 349 g/mol. The molecular formula is C16H20BrN3O. The van der Waals surface area contributed by atoms with Crippen molar-refractivity contribution in [3.8, 4) is 11.3 Å². The van der Waals surface area contributed by atoms with E-state index >= 15 is 0 Å². The summed E-state index contributed by atoms with van der Waals surface area (Å²) in [5, 5.41) is 0. The normalized spacial score (nSPS) is 13.2. The zero-order valence-corrected chi connectivity index (χ0v) is 14.3. The summed E-state index contributed by atoms with van der Waals surface area (Å²) in [5.74, 6) is 1.02. The van der Waals surface area contributed by atoms with E-state index in [0.717, 1.165) is 11.3 Å². The Bertz CT molecular complexity index is 623. The van der Waals surface area contributed by atoms with E-state index in [1.807, 2.05) is 30.3 Å². The number of ether oxygens (including phenoxy) is 1. The second kappa shape index (κ2) is 6.12. The average molecular weight is 350 g/mol. The number of halogens is 1. The van der Waals surface area contributed by atoms with Crippen LogP contribution >= 0.6 is 15.9 Å². The molecular weight excluding hydrogens is 330 g/mol. The van der Waals surface area contributed by atoms with E-state index in [4.69, 9.17) is 10.5 Å². The third-order valence-corrected chi connectivity index (χ3v) is 3.98. The van der Waals surface area contributed by atoms with Gasteiger partial charge in [0.1, 0.15) is 11.9 Å². The van der Waals surface area contributed by atoms with Crippen LogP contribution in [0, 0.1) is 5.41 Å². The van der Waals surface area contributed by atoms with Crippen molar-refractivity contribution in [3.05, 3.63) is 40.6 Å². The standard InChI is InChI=1S/C16H20BrN3O/c1-16(2,3)13(21-4)15-19-12(11(17)14(18)20-15)10-8-6-5-7-9-10/h5-9,13H,1-4H3,(H2,18,19,20). The minimum absolute atomic E-state index is 0.122. The van der Waals surface area contributed by atoms with Crippen LogP contribution in [-0.2, 0) is 4.74 Å². The molecule has 0 spiro atoms. The van der Waals surface area contributed by atoms with Gasteiger partial charge in [-0.1, -0.05) is 51.1 Å². The third kappa shape index (κ3) is 3.41. The molecule has 21 heavy (non-hydrogen) atoms. The van der Waals surface area contributed by atoms with Gasteiger partial charge in [-0.2, -0.15) is 0 Å². The second-order valence-corrected chi connectivity index (χ2v) is 6.77. The van der Waals surface area contributed by atoms with E-state index in [0.29, 0.717) is 16.1 Å². The van der Waals surface area contributed by atoms with Gasteiger partial charge in [0.05, 0.1) is 10.2 Å². The lowest BCUT2D eigenvalue weighted by atomic mass is 9.88. The fraction of sp³-hybridized carbons (Fsp3) is 0.375. The van der Waals surface area contributed by atoms with Crippen molar-refractivity contribution in [2.45, 2.75) is 26.9 Å². The number of nitrogen functional groups attached to an aromatic ring is 1. The van der Waals surface area contributed by atoms with E-state index in [2.05, 4.69) is 46.7 Å². The van der Waals surface area contributed by atoms with E-state index in [1.165, 1.54) is 0 Å². The van der Waals surface area contributed by atoms with Crippen molar-refractivity contribution >= 4 is 21.7 Å². The Morgan fingerprint density at radius 1 is 1.14 bits per heavy atom. The van der Waals surface area contributed by atoms with E-state index in [1.54, 1.807) is 7.11 Å². The molecule has 2 rings (SSSR count). The summed E-state index contributed by atoms with van der Waals surface area (Å²) in [7, 11) is 1.67. The van der Waals surface area contributed by atoms with Crippen LogP contribution < -0.4 is 5.73 Å². The molecule has 2 aromatic rings. The predicted octanol–water partition coefficient (Wildman–Crippen LogP) is 4.22. The largest absolute Gasteiger partial charge is 0.383 e. The number of rotatable bonds is 3. The van der Waals surface area contributed by atoms with Gasteiger partial charge in [-0.3, -0.25) is 0 Å². The first-order valence-corrected chi connectivity index (χ1v) is 7.55. The van der Waals surface area contributed by atoms with Crippen molar-refractivity contribution in [3.63, 3.8) is 0 Å². The topological polar surface area (TPSA) is 61.0 Å². The molecule has 1 heterocycles. The number of benzene rings is 1. The van der Waals surface area contributed by atoms with Crippen molar-refractivity contribution in [2.24, 2.45) is 5.41 Å². The van der Waals surface area contributed by atoms with Gasteiger partial charge in [0.2, 0.25) is 0 Å². The predicted molar refractivity (Wildman–Crippen MR) is 88.8 cm³/mol. The van der Waals surface area contributed by atoms with Crippen molar-refractivity contribution in [2.75, 3.05) is 12.8 Å². The van der Waals surface area contributed by atoms with Gasteiger partial charge in [0.25, 0.3) is 0 Å². The minimum atomic E-state index is -0.227. The maximum atomic E-state index is 6.04. The van der Waals surface area contributed by atoms with Crippen molar-refractivity contribution in [1.82, 2.24) is 9.97 Å². The van der Waals surface area contributed by atoms with Gasteiger partial charge in [-0.05, 0) is 21.3 Å². The lowest BCUT2D eigenvalue weighted by molar-refractivity contribution is 0.00883. The Labute approximate surface area is 133 Å². The first-order valence-electron chi connectivity index (χ1n) is 6.75. The van der Waals surface area contributed by atoms with Crippen molar-refractivity contribution < 1.29 is 4.74 Å². The molecule has 0 amide bonds. The first kappa shape index (κ1) is 15.9. The molecule has 1 atom stereocenters. The molecule has 0 aliphatic heterocycles. The molecule has 0 bridgehead atoms. The van der Waals surface area contributed by atoms with E-state index < -0.39 is 0 Å². The van der Waals surface area contributed by atoms with Gasteiger partial charge < -0.3 is 10.5 Å². The summed E-state index contributed by atoms with van der Waals surface area (Å²) in [5.41, 5.74) is 7.69. The van der Waals surface area contributed by atoms with Crippen LogP contribution in [0.5, 0.6) is 0 Å². The van der Waals surface area contributed by atoms with Crippen LogP contribution in [0.3, 0.4) is 0 Å². The molecule has 0 aliphatic rings. The summed E-state index contributed by atoms with van der Waals surface area (Å²) in [4.78, 5) is 9.07. The van der Waals surface area contributed by atoms with Gasteiger partial charge in [-0.15, -0.1) is 0 Å². The zero-order chi connectivity index (χ0) is 15.6. The number of aromatic nitrogens is 2. The molecule has 1 aromatic carbocycles. The molecule has 1 aromatic heterocycles. The molecule has 5 heteroatoms. The van der Waals surface area contributed by atoms with Gasteiger partial charge in [0.15, 0.2) is 5.82 Å². The highest BCUT2D eigenvalue weighted by molar-refractivity contribution is 9.10. The molecule has 2 N–H and O–H groups in total. The summed E-state index contributed by atoms with van der Waals surface area (Å²) >= 11 is 3.48. The van der Waals surface area contributed by atoms with Crippen LogP contribution in [0.25, 0.3) is 11.3 Å². The molecule has 0 saturated carbocycles. The average Bonchev–Trinajstić information content (AvgIpc) is 2.42. The highest BCUT2D eigenvalue weighted by atomic mass is 79.9. The van der Waals surface area contributed by atoms with Crippen LogP contribution in [0.4, 0.5) is 5.82 Å². The number of hydrogen-bond donors (Lipinski definition) is 1. The Kier molecular flexibility index (Phi) is 4.64. The van der Waals surface area contributed by atoms with Crippen molar-refractivity contribution in [1.29, 1.82) is 0 Å². The smallest absolute Gasteiger partial charge is 0.160 e. The third-order valence-electron chi connectivity index (χ3n) is 3.20. The van der Waals surface area contributed by atoms with E-state index in [-0.39, 0.29) is 11.5 Å². The SMILES string of the molecule is COC(c1nc(N)c(Br)c(-c2ccccc2)n1)C(C)(C)C. The first-order chi connectivity index (χ1) is 9.84. The van der Waals surface area contributed by atoms with Gasteiger partial charge in [-0.25, -0.2) is 9.97 Å². The molecule has 0 radical (unpaired) electrons. The highest BCUT2D eigenvalue weighted by Gasteiger charge is 2.30. The lowest BCUT2D eigenvalue weighted by Crippen LogP contribution is -2.23. The summed E-state index contributed by atoms with van der Waals surface area (Å²) in [6, 6.07) is 9.90. The fourth-order valence-corrected chi connectivity index (χ4v) is 2.64. The number of anilines is 1. The van der Waals surface area contributed by atoms with Crippen LogP contribution in [-0.4, -0.2) is 17.1 Å². The summed E-state index contributed by atoms with van der Waals surface area (Å²) in [6.45, 7) is 6.26. The summed E-state index contributed by atoms with van der Waals surface area (Å²) < 4.78 is 6.30. The maximum absolute atomic E-state index is 6.04. The Balaban J connectivity index is 2.59. The Morgan fingerprint density at radius 2 is 1.76 bits per heavy atom. The van der Waals surface area contributed by atoms with Crippen LogP contribution in [0.2, 0.25) is 0 Å². The molecule has 0 aliphatic carbocycles. The number of nitrogens with two attached hydrogens (primary N) is 1. The highest BCUT2D eigenvalue weighted by Crippen LogP contribution is 2.37. The second-order valence-electron chi connectivity index (χ2n) is 5.98. The van der Waals surface area contributed by atoms with Gasteiger partial charge >= 0.3 is 0 Å². The number of nitrogens with zero attached hydrogens (tertiary/aromatic N) is 2. The van der Waals surface area contributed by atoms with Gasteiger partial charge in [0, 0.05) is 12.7 Å². The molecule has 1 unspecified atom stereocenters. The van der Waals surface area contributed by atoms with Crippen LogP contribution in [0.15, 0.2) is 34.8 Å². The zero-order valence-electron chi connectivity index (χ0n) is 12.7. The summed E-state index contributed by atoms with van der Waals surface area (Å²) in [6.07, 6.45) is -0.227.